The Bertz CT molecular complexity index is 421. The molecule has 1 aromatic rings. The molecule has 0 aromatic carbocycles. The summed E-state index contributed by atoms with van der Waals surface area (Å²) < 4.78 is 6.61. The zero-order chi connectivity index (χ0) is 12.6. The standard InChI is InChI=1S/C9H14N4O4/c1-2-4-5(14)6(15)9(17-4)13-3-11-8(12-13)7(10)16/h3-6,9,14-15H,2H2,1H3,(H2,10,16)/t4-,5+,6-,9-/m1/s1. The Labute approximate surface area is 97.0 Å². The third-order valence-corrected chi connectivity index (χ3v) is 2.73. The number of primary amides is 1. The summed E-state index contributed by atoms with van der Waals surface area (Å²) in [5.41, 5.74) is 5.01. The molecule has 0 spiro atoms. The van der Waals surface area contributed by atoms with Gasteiger partial charge in [-0.2, -0.15) is 0 Å². The van der Waals surface area contributed by atoms with Crippen LogP contribution in [0.15, 0.2) is 6.33 Å². The number of ether oxygens (including phenoxy) is 1. The van der Waals surface area contributed by atoms with Gasteiger partial charge in [0.2, 0.25) is 5.82 Å². The Hall–Kier alpha value is -1.51. The van der Waals surface area contributed by atoms with E-state index in [9.17, 15) is 15.0 Å². The number of nitrogens with zero attached hydrogens (tertiary/aromatic N) is 3. The Morgan fingerprint density at radius 2 is 2.29 bits per heavy atom. The molecule has 17 heavy (non-hydrogen) atoms. The molecule has 0 aliphatic carbocycles. The Morgan fingerprint density at radius 1 is 1.59 bits per heavy atom. The molecule has 2 rings (SSSR count). The van der Waals surface area contributed by atoms with Gasteiger partial charge in [0.25, 0.3) is 5.91 Å². The fraction of sp³-hybridized carbons (Fsp3) is 0.667. The van der Waals surface area contributed by atoms with Crippen LogP contribution in [-0.4, -0.2) is 49.2 Å². The zero-order valence-electron chi connectivity index (χ0n) is 9.22. The Morgan fingerprint density at radius 3 is 2.76 bits per heavy atom. The van der Waals surface area contributed by atoms with E-state index in [1.807, 2.05) is 6.92 Å². The lowest BCUT2D eigenvalue weighted by Crippen LogP contribution is -2.31. The summed E-state index contributed by atoms with van der Waals surface area (Å²) in [6.45, 7) is 1.83. The highest BCUT2D eigenvalue weighted by molar-refractivity contribution is 5.88. The van der Waals surface area contributed by atoms with Gasteiger partial charge >= 0.3 is 0 Å². The second-order valence-electron chi connectivity index (χ2n) is 3.87. The SMILES string of the molecule is CC[C@H]1O[C@@H](n2cnc(C(N)=O)n2)[C@H](O)[C@H]1O. The van der Waals surface area contributed by atoms with Crippen molar-refractivity contribution in [2.75, 3.05) is 0 Å². The number of aliphatic hydroxyl groups excluding tert-OH is 2. The van der Waals surface area contributed by atoms with Gasteiger partial charge in [0.05, 0.1) is 6.10 Å². The first-order valence-electron chi connectivity index (χ1n) is 5.27. The van der Waals surface area contributed by atoms with Gasteiger partial charge < -0.3 is 20.7 Å². The average molecular weight is 242 g/mol. The molecule has 0 unspecified atom stereocenters. The zero-order valence-corrected chi connectivity index (χ0v) is 9.22. The molecule has 4 atom stereocenters. The monoisotopic (exact) mass is 242 g/mol. The maximum atomic E-state index is 10.8. The van der Waals surface area contributed by atoms with E-state index >= 15 is 0 Å². The maximum absolute atomic E-state index is 10.8. The van der Waals surface area contributed by atoms with Gasteiger partial charge in [0.1, 0.15) is 18.5 Å². The fourth-order valence-electron chi connectivity index (χ4n) is 1.80. The lowest BCUT2D eigenvalue weighted by Gasteiger charge is -2.13. The van der Waals surface area contributed by atoms with Gasteiger partial charge in [-0.1, -0.05) is 6.92 Å². The largest absolute Gasteiger partial charge is 0.388 e. The minimum Gasteiger partial charge on any atom is -0.388 e. The lowest BCUT2D eigenvalue weighted by atomic mass is 10.1. The quantitative estimate of drug-likeness (QED) is 0.587. The lowest BCUT2D eigenvalue weighted by molar-refractivity contribution is -0.0451. The van der Waals surface area contributed by atoms with Crippen LogP contribution in [0.4, 0.5) is 0 Å². The van der Waals surface area contributed by atoms with E-state index in [4.69, 9.17) is 10.5 Å². The van der Waals surface area contributed by atoms with Crippen LogP contribution in [0, 0.1) is 0 Å². The summed E-state index contributed by atoms with van der Waals surface area (Å²) in [6.07, 6.45) is -1.61. The molecule has 8 nitrogen and oxygen atoms in total. The van der Waals surface area contributed by atoms with Gasteiger partial charge in [-0.15, -0.1) is 5.10 Å². The average Bonchev–Trinajstić information content (AvgIpc) is 2.87. The first kappa shape index (κ1) is 12.0. The molecule has 2 heterocycles. The fourth-order valence-corrected chi connectivity index (χ4v) is 1.80. The third kappa shape index (κ3) is 2.02. The van der Waals surface area contributed by atoms with Crippen molar-refractivity contribution in [2.45, 2.75) is 37.9 Å². The number of carbonyl (C=O) groups excluding carboxylic acids is 1. The van der Waals surface area contributed by atoms with Crippen molar-refractivity contribution in [3.63, 3.8) is 0 Å². The Kier molecular flexibility index (Phi) is 3.09. The Balaban J connectivity index is 2.19. The molecule has 0 bridgehead atoms. The van der Waals surface area contributed by atoms with E-state index in [2.05, 4.69) is 10.1 Å². The van der Waals surface area contributed by atoms with Crippen LogP contribution >= 0.6 is 0 Å². The summed E-state index contributed by atoms with van der Waals surface area (Å²) in [4.78, 5) is 14.5. The molecule has 0 saturated carbocycles. The van der Waals surface area contributed by atoms with Crippen molar-refractivity contribution < 1.29 is 19.7 Å². The van der Waals surface area contributed by atoms with Crippen LogP contribution < -0.4 is 5.73 Å². The molecule has 1 aromatic heterocycles. The highest BCUT2D eigenvalue weighted by atomic mass is 16.6. The highest BCUT2D eigenvalue weighted by Crippen LogP contribution is 2.29. The molecule has 1 fully saturated rings. The minimum absolute atomic E-state index is 0.157. The predicted molar refractivity (Wildman–Crippen MR) is 54.8 cm³/mol. The van der Waals surface area contributed by atoms with Gasteiger partial charge in [-0.3, -0.25) is 4.79 Å². The van der Waals surface area contributed by atoms with E-state index < -0.39 is 30.4 Å². The van der Waals surface area contributed by atoms with Crippen LogP contribution in [0.1, 0.15) is 30.2 Å². The van der Waals surface area contributed by atoms with Gasteiger partial charge in [0.15, 0.2) is 6.23 Å². The van der Waals surface area contributed by atoms with E-state index in [1.165, 1.54) is 11.0 Å². The molecule has 0 radical (unpaired) electrons. The number of aliphatic hydroxyl groups is 2. The molecule has 1 aliphatic rings. The normalized spacial score (nSPS) is 32.9. The number of carbonyl (C=O) groups is 1. The first-order chi connectivity index (χ1) is 8.04. The van der Waals surface area contributed by atoms with Crippen LogP contribution in [0.2, 0.25) is 0 Å². The number of hydrogen-bond donors (Lipinski definition) is 3. The van der Waals surface area contributed by atoms with E-state index in [1.54, 1.807) is 0 Å². The topological polar surface area (TPSA) is 123 Å². The number of rotatable bonds is 3. The molecule has 94 valence electrons. The predicted octanol–water partition coefficient (Wildman–Crippen LogP) is -1.59. The molecular formula is C9H14N4O4. The van der Waals surface area contributed by atoms with Crippen LogP contribution in [-0.2, 0) is 4.74 Å². The molecule has 1 saturated heterocycles. The van der Waals surface area contributed by atoms with Crippen molar-refractivity contribution in [2.24, 2.45) is 5.73 Å². The molecule has 8 heteroatoms. The minimum atomic E-state index is -1.11. The number of aromatic nitrogens is 3. The van der Waals surface area contributed by atoms with E-state index in [0.717, 1.165) is 0 Å². The van der Waals surface area contributed by atoms with E-state index in [0.29, 0.717) is 6.42 Å². The van der Waals surface area contributed by atoms with Gasteiger partial charge in [0, 0.05) is 0 Å². The number of nitrogens with two attached hydrogens (primary N) is 1. The molecule has 1 amide bonds. The summed E-state index contributed by atoms with van der Waals surface area (Å²) in [5.74, 6) is -0.918. The smallest absolute Gasteiger partial charge is 0.288 e. The number of amides is 1. The molecular weight excluding hydrogens is 228 g/mol. The van der Waals surface area contributed by atoms with Crippen molar-refractivity contribution in [1.82, 2.24) is 14.8 Å². The second-order valence-corrected chi connectivity index (χ2v) is 3.87. The van der Waals surface area contributed by atoms with Crippen LogP contribution in [0.3, 0.4) is 0 Å². The van der Waals surface area contributed by atoms with Crippen molar-refractivity contribution >= 4 is 5.91 Å². The van der Waals surface area contributed by atoms with Crippen LogP contribution in [0.5, 0.6) is 0 Å². The number of hydrogen-bond acceptors (Lipinski definition) is 6. The summed E-state index contributed by atoms with van der Waals surface area (Å²) in [6, 6.07) is 0. The molecule has 1 aliphatic heterocycles. The van der Waals surface area contributed by atoms with Crippen molar-refractivity contribution in [3.8, 4) is 0 Å². The first-order valence-corrected chi connectivity index (χ1v) is 5.27. The highest BCUT2D eigenvalue weighted by Gasteiger charge is 2.43. The van der Waals surface area contributed by atoms with Crippen LogP contribution in [0.25, 0.3) is 0 Å². The molecule has 4 N–H and O–H groups in total. The maximum Gasteiger partial charge on any atom is 0.288 e. The van der Waals surface area contributed by atoms with Crippen molar-refractivity contribution in [3.05, 3.63) is 12.2 Å². The third-order valence-electron chi connectivity index (χ3n) is 2.73. The summed E-state index contributed by atoms with van der Waals surface area (Å²) in [5, 5.41) is 23.2. The summed E-state index contributed by atoms with van der Waals surface area (Å²) in [7, 11) is 0. The van der Waals surface area contributed by atoms with Gasteiger partial charge in [-0.05, 0) is 6.42 Å². The van der Waals surface area contributed by atoms with Gasteiger partial charge in [-0.25, -0.2) is 9.67 Å². The van der Waals surface area contributed by atoms with E-state index in [-0.39, 0.29) is 5.82 Å². The van der Waals surface area contributed by atoms with Crippen molar-refractivity contribution in [1.29, 1.82) is 0 Å². The second kappa shape index (κ2) is 4.40. The summed E-state index contributed by atoms with van der Waals surface area (Å²) >= 11 is 0.